The molecule has 8 heteroatoms. The van der Waals surface area contributed by atoms with Crippen molar-refractivity contribution >= 4 is 41.1 Å². The number of thiocarbonyl (C=S) groups is 1. The molecule has 0 saturated carbocycles. The first-order valence-corrected chi connectivity index (χ1v) is 9.55. The van der Waals surface area contributed by atoms with Gasteiger partial charge in [0, 0.05) is 6.20 Å². The highest BCUT2D eigenvalue weighted by molar-refractivity contribution is 7.80. The molecule has 2 aliphatic rings. The van der Waals surface area contributed by atoms with Gasteiger partial charge in [-0.3, -0.25) is 14.5 Å². The van der Waals surface area contributed by atoms with Crippen molar-refractivity contribution < 1.29 is 23.9 Å². The number of esters is 1. The summed E-state index contributed by atoms with van der Waals surface area (Å²) in [6.45, 7) is 2.45. The van der Waals surface area contributed by atoms with Gasteiger partial charge in [-0.25, -0.2) is 4.79 Å². The van der Waals surface area contributed by atoms with E-state index in [-0.39, 0.29) is 27.7 Å². The van der Waals surface area contributed by atoms with Gasteiger partial charge >= 0.3 is 5.97 Å². The third-order valence-electron chi connectivity index (χ3n) is 4.47. The minimum Gasteiger partial charge on any atom is -0.494 e. The minimum absolute atomic E-state index is 0.0594. The number of carbonyl (C=O) groups is 3. The van der Waals surface area contributed by atoms with Gasteiger partial charge in [0.1, 0.15) is 22.8 Å². The molecule has 7 nitrogen and oxygen atoms in total. The molecule has 0 unspecified atom stereocenters. The Balaban J connectivity index is 1.60. The molecule has 0 bridgehead atoms. The smallest absolute Gasteiger partial charge is 0.349 e. The van der Waals surface area contributed by atoms with E-state index in [0.717, 1.165) is 22.4 Å². The van der Waals surface area contributed by atoms with Gasteiger partial charge in [-0.1, -0.05) is 24.3 Å². The van der Waals surface area contributed by atoms with Crippen molar-refractivity contribution in [2.75, 3.05) is 6.61 Å². The molecule has 0 radical (unpaired) electrons. The number of hydrogen-bond acceptors (Lipinski definition) is 6. The van der Waals surface area contributed by atoms with Crippen LogP contribution in [0.3, 0.4) is 0 Å². The van der Waals surface area contributed by atoms with E-state index in [1.165, 1.54) is 6.07 Å². The number of Topliss-reactive ketones (excluding diaryl/α,β-unsaturated/α-hetero) is 1. The number of nitrogens with zero attached hydrogens (tertiary/aromatic N) is 1. The molecule has 0 aromatic heterocycles. The normalized spacial score (nSPS) is 18.5. The van der Waals surface area contributed by atoms with E-state index in [2.05, 4.69) is 5.32 Å². The van der Waals surface area contributed by atoms with E-state index >= 15 is 0 Å². The lowest BCUT2D eigenvalue weighted by Crippen LogP contribution is -2.31. The number of fused-ring (bicyclic) bond motifs is 1. The molecular weight excluding hydrogens is 404 g/mol. The Hall–Kier alpha value is -3.78. The summed E-state index contributed by atoms with van der Waals surface area (Å²) < 4.78 is 10.6. The van der Waals surface area contributed by atoms with Crippen molar-refractivity contribution in [2.24, 2.45) is 0 Å². The first kappa shape index (κ1) is 19.5. The van der Waals surface area contributed by atoms with Gasteiger partial charge in [-0.15, -0.1) is 0 Å². The van der Waals surface area contributed by atoms with Crippen molar-refractivity contribution in [1.29, 1.82) is 0 Å². The molecule has 150 valence electrons. The first-order chi connectivity index (χ1) is 14.5. The molecule has 2 aromatic rings. The highest BCUT2D eigenvalue weighted by Gasteiger charge is 2.35. The predicted octanol–water partition coefficient (Wildman–Crippen LogP) is 2.83. The summed E-state index contributed by atoms with van der Waals surface area (Å²) in [7, 11) is 0. The molecule has 0 spiro atoms. The van der Waals surface area contributed by atoms with Crippen LogP contribution in [0.5, 0.6) is 11.5 Å². The number of hydrogen-bond donors (Lipinski definition) is 1. The summed E-state index contributed by atoms with van der Waals surface area (Å²) in [5.41, 5.74) is 0.958. The Morgan fingerprint density at radius 3 is 2.57 bits per heavy atom. The minimum atomic E-state index is -0.835. The average molecular weight is 420 g/mol. The van der Waals surface area contributed by atoms with Crippen molar-refractivity contribution in [1.82, 2.24) is 10.2 Å². The van der Waals surface area contributed by atoms with E-state index in [0.29, 0.717) is 6.61 Å². The fourth-order valence-electron chi connectivity index (χ4n) is 3.04. The lowest BCUT2D eigenvalue weighted by atomic mass is 10.0. The second-order valence-electron chi connectivity index (χ2n) is 6.42. The zero-order chi connectivity index (χ0) is 21.3. The number of ketones is 1. The topological polar surface area (TPSA) is 84.9 Å². The zero-order valence-electron chi connectivity index (χ0n) is 15.9. The number of carbonyl (C=O) groups excluding carboxylic acids is 3. The Morgan fingerprint density at radius 1 is 1.10 bits per heavy atom. The van der Waals surface area contributed by atoms with Crippen molar-refractivity contribution in [2.45, 2.75) is 6.92 Å². The number of nitrogens with one attached hydrogen (secondary N) is 1. The lowest BCUT2D eigenvalue weighted by Gasteiger charge is -2.18. The molecule has 1 fully saturated rings. The average Bonchev–Trinajstić information content (AvgIpc) is 2.99. The molecule has 1 saturated heterocycles. The van der Waals surface area contributed by atoms with Gasteiger partial charge in [0.25, 0.3) is 5.91 Å². The maximum atomic E-state index is 12.8. The monoisotopic (exact) mass is 420 g/mol. The third kappa shape index (κ3) is 3.60. The van der Waals surface area contributed by atoms with E-state index in [4.69, 9.17) is 21.7 Å². The molecule has 2 heterocycles. The Kier molecular flexibility index (Phi) is 5.16. The first-order valence-electron chi connectivity index (χ1n) is 9.14. The lowest BCUT2D eigenvalue weighted by molar-refractivity contribution is -0.130. The van der Waals surface area contributed by atoms with Crippen LogP contribution in [0, 0.1) is 0 Å². The van der Waals surface area contributed by atoms with E-state index in [1.807, 2.05) is 6.92 Å². The van der Waals surface area contributed by atoms with Crippen LogP contribution in [0.2, 0.25) is 0 Å². The van der Waals surface area contributed by atoms with Crippen molar-refractivity contribution in [3.8, 4) is 11.5 Å². The van der Waals surface area contributed by atoms with Crippen LogP contribution in [0.4, 0.5) is 0 Å². The van der Waals surface area contributed by atoms with E-state index in [9.17, 15) is 14.4 Å². The molecule has 4 rings (SSSR count). The number of ether oxygens (including phenoxy) is 2. The van der Waals surface area contributed by atoms with Crippen LogP contribution in [0.15, 0.2) is 66.0 Å². The highest BCUT2D eigenvalue weighted by Crippen LogP contribution is 2.28. The summed E-state index contributed by atoms with van der Waals surface area (Å²) in [6, 6.07) is 13.6. The van der Waals surface area contributed by atoms with Crippen LogP contribution in [-0.2, 0) is 9.59 Å². The van der Waals surface area contributed by atoms with Gasteiger partial charge in [-0.05, 0) is 55.0 Å². The van der Waals surface area contributed by atoms with Gasteiger partial charge < -0.3 is 14.8 Å². The summed E-state index contributed by atoms with van der Waals surface area (Å²) in [4.78, 5) is 38.8. The SMILES string of the molecule is CCOc1ccc(/C=C2\NC(=S)N(/C=C3/C(=O)Oc4ccccc4C3=O)C2=O)cc1. The van der Waals surface area contributed by atoms with Gasteiger partial charge in [0.15, 0.2) is 5.11 Å². The third-order valence-corrected chi connectivity index (χ3v) is 4.77. The molecule has 2 aromatic carbocycles. The number of rotatable bonds is 4. The van der Waals surface area contributed by atoms with Crippen LogP contribution in [-0.4, -0.2) is 34.3 Å². The molecule has 1 N–H and O–H groups in total. The van der Waals surface area contributed by atoms with E-state index in [1.54, 1.807) is 48.5 Å². The summed E-state index contributed by atoms with van der Waals surface area (Å²) in [6.07, 6.45) is 2.75. The fourth-order valence-corrected chi connectivity index (χ4v) is 3.28. The molecule has 30 heavy (non-hydrogen) atoms. The Bertz CT molecular complexity index is 1130. The van der Waals surface area contributed by atoms with Crippen LogP contribution in [0.1, 0.15) is 22.8 Å². The van der Waals surface area contributed by atoms with Gasteiger partial charge in [0.2, 0.25) is 5.78 Å². The summed E-state index contributed by atoms with van der Waals surface area (Å²) in [5, 5.41) is 2.87. The molecule has 1 amide bonds. The van der Waals surface area contributed by atoms with E-state index < -0.39 is 17.7 Å². The van der Waals surface area contributed by atoms with Crippen molar-refractivity contribution in [3.05, 3.63) is 77.1 Å². The quantitative estimate of drug-likeness (QED) is 0.268. The maximum absolute atomic E-state index is 12.8. The fraction of sp³-hybridized carbons (Fsp3) is 0.0909. The van der Waals surface area contributed by atoms with Crippen molar-refractivity contribution in [3.63, 3.8) is 0 Å². The second-order valence-corrected chi connectivity index (χ2v) is 6.81. The summed E-state index contributed by atoms with van der Waals surface area (Å²) in [5.74, 6) is -0.934. The number of amides is 1. The molecule has 0 aliphatic carbocycles. The second kappa shape index (κ2) is 7.92. The number of benzene rings is 2. The van der Waals surface area contributed by atoms with Crippen LogP contribution >= 0.6 is 12.2 Å². The van der Waals surface area contributed by atoms with Gasteiger partial charge in [0.05, 0.1) is 12.2 Å². The van der Waals surface area contributed by atoms with Gasteiger partial charge in [-0.2, -0.15) is 0 Å². The maximum Gasteiger partial charge on any atom is 0.349 e. The Morgan fingerprint density at radius 2 is 1.83 bits per heavy atom. The van der Waals surface area contributed by atoms with Crippen LogP contribution < -0.4 is 14.8 Å². The predicted molar refractivity (Wildman–Crippen MR) is 113 cm³/mol. The molecule has 0 atom stereocenters. The van der Waals surface area contributed by atoms with Crippen LogP contribution in [0.25, 0.3) is 6.08 Å². The highest BCUT2D eigenvalue weighted by atomic mass is 32.1. The standard InChI is InChI=1S/C22H16N2O5S/c1-2-28-14-9-7-13(8-10-14)11-17-20(26)24(22(30)23-17)12-16-19(25)15-5-3-4-6-18(15)29-21(16)27/h3-12H,2H2,1H3,(H,23,30)/b16-12+,17-11-. The summed E-state index contributed by atoms with van der Waals surface area (Å²) >= 11 is 5.21. The number of para-hydroxylation sites is 1. The Labute approximate surface area is 177 Å². The molecular formula is C22H16N2O5S. The largest absolute Gasteiger partial charge is 0.494 e. The zero-order valence-corrected chi connectivity index (χ0v) is 16.7. The molecule has 2 aliphatic heterocycles.